The highest BCUT2D eigenvalue weighted by Gasteiger charge is 2.30. The summed E-state index contributed by atoms with van der Waals surface area (Å²) in [5.74, 6) is -5.25. The Balaban J connectivity index is 2.23. The number of esters is 2. The number of carbonyl (C=O) groups excluding carboxylic acids is 2. The number of fused-ring (bicyclic) bond motifs is 1. The lowest BCUT2D eigenvalue weighted by Crippen LogP contribution is -2.21. The predicted octanol–water partition coefficient (Wildman–Crippen LogP) is 6.41. The number of rotatable bonds is 8. The van der Waals surface area contributed by atoms with Gasteiger partial charge in [0.15, 0.2) is 17.4 Å². The van der Waals surface area contributed by atoms with Crippen LogP contribution in [-0.2, 0) is 9.53 Å². The van der Waals surface area contributed by atoms with Gasteiger partial charge in [0.1, 0.15) is 22.0 Å². The van der Waals surface area contributed by atoms with E-state index < -0.39 is 47.0 Å². The van der Waals surface area contributed by atoms with E-state index in [1.54, 1.807) is 51.1 Å². The number of carbonyl (C=O) groups is 2. The second-order valence-electron chi connectivity index (χ2n) is 7.59. The Morgan fingerprint density at radius 1 is 1.09 bits per heavy atom. The van der Waals surface area contributed by atoms with Gasteiger partial charge in [-0.3, -0.25) is 4.79 Å². The van der Waals surface area contributed by atoms with Crippen molar-refractivity contribution in [2.75, 3.05) is 6.67 Å². The lowest BCUT2D eigenvalue weighted by atomic mass is 10.0. The van der Waals surface area contributed by atoms with E-state index in [2.05, 4.69) is 4.98 Å². The van der Waals surface area contributed by atoms with Crippen molar-refractivity contribution in [3.05, 3.63) is 65.2 Å². The van der Waals surface area contributed by atoms with E-state index in [1.165, 1.54) is 0 Å². The number of pyridine rings is 1. The van der Waals surface area contributed by atoms with Crippen molar-refractivity contribution in [1.29, 1.82) is 0 Å². The zero-order valence-electron chi connectivity index (χ0n) is 18.5. The van der Waals surface area contributed by atoms with Crippen LogP contribution < -0.4 is 4.74 Å². The number of ether oxygens (including phenoxy) is 2. The van der Waals surface area contributed by atoms with Gasteiger partial charge in [-0.05, 0) is 32.4 Å². The smallest absolute Gasteiger partial charge is 0.345 e. The fourth-order valence-corrected chi connectivity index (χ4v) is 4.07. The maximum Gasteiger partial charge on any atom is 0.345 e. The van der Waals surface area contributed by atoms with Crippen LogP contribution in [0, 0.1) is 11.6 Å². The fourth-order valence-electron chi connectivity index (χ4n) is 3.07. The first-order valence-corrected chi connectivity index (χ1v) is 11.6. The number of benzene rings is 2. The standard InChI is InChI=1S/C24H21ClF3NO4S/c1-12(2)32-24(31)20-21(33-23(30)13(3)14-7-5-4-6-8-14)15-9-16(27)17(28)10-18(15)29-22(20)34-19(25)11-26/h4-10,12-13,19H,11H2,1-3H3/t13-,19?/m1/s1. The van der Waals surface area contributed by atoms with Crippen molar-refractivity contribution < 1.29 is 32.2 Å². The first-order chi connectivity index (χ1) is 16.1. The fraction of sp³-hybridized carbons (Fsp3) is 0.292. The van der Waals surface area contributed by atoms with Crippen LogP contribution in [0.2, 0.25) is 0 Å². The largest absolute Gasteiger partial charge is 0.459 e. The minimum Gasteiger partial charge on any atom is -0.459 e. The van der Waals surface area contributed by atoms with Gasteiger partial charge in [0.2, 0.25) is 0 Å². The minimum atomic E-state index is -1.23. The molecule has 0 aliphatic rings. The number of thioether (sulfide) groups is 1. The van der Waals surface area contributed by atoms with Gasteiger partial charge in [-0.1, -0.05) is 42.1 Å². The third-order valence-corrected chi connectivity index (χ3v) is 5.99. The van der Waals surface area contributed by atoms with Crippen LogP contribution in [0.4, 0.5) is 13.2 Å². The van der Waals surface area contributed by atoms with Gasteiger partial charge in [-0.25, -0.2) is 22.9 Å². The molecule has 180 valence electrons. The molecular formula is C24H21ClF3NO4S. The second kappa shape index (κ2) is 11.1. The molecule has 0 aliphatic heterocycles. The molecule has 10 heteroatoms. The summed E-state index contributed by atoms with van der Waals surface area (Å²) >= 11 is 6.60. The summed E-state index contributed by atoms with van der Waals surface area (Å²) in [4.78, 5) is 30.2. The van der Waals surface area contributed by atoms with E-state index in [9.17, 15) is 22.8 Å². The molecule has 0 fully saturated rings. The topological polar surface area (TPSA) is 65.5 Å². The summed E-state index contributed by atoms with van der Waals surface area (Å²) in [6.07, 6.45) is -0.564. The van der Waals surface area contributed by atoms with Gasteiger partial charge in [-0.2, -0.15) is 0 Å². The van der Waals surface area contributed by atoms with E-state index in [0.717, 1.165) is 12.1 Å². The van der Waals surface area contributed by atoms with E-state index >= 15 is 0 Å². The molecule has 2 aromatic carbocycles. The monoisotopic (exact) mass is 511 g/mol. The molecule has 0 bridgehead atoms. The molecular weight excluding hydrogens is 491 g/mol. The summed E-state index contributed by atoms with van der Waals surface area (Å²) in [6, 6.07) is 10.3. The van der Waals surface area contributed by atoms with E-state index in [0.29, 0.717) is 17.3 Å². The number of halogens is 4. The van der Waals surface area contributed by atoms with Crippen LogP contribution in [-0.4, -0.2) is 34.4 Å². The molecule has 0 aliphatic carbocycles. The maximum atomic E-state index is 14.2. The van der Waals surface area contributed by atoms with Crippen LogP contribution in [0.15, 0.2) is 47.5 Å². The Hall–Kier alpha value is -2.78. The first-order valence-electron chi connectivity index (χ1n) is 10.3. The van der Waals surface area contributed by atoms with Gasteiger partial charge in [0.25, 0.3) is 0 Å². The van der Waals surface area contributed by atoms with Crippen molar-refractivity contribution in [3.8, 4) is 5.75 Å². The normalized spacial score (nSPS) is 13.1. The second-order valence-corrected chi connectivity index (χ2v) is 9.57. The van der Waals surface area contributed by atoms with Crippen LogP contribution in [0.5, 0.6) is 5.75 Å². The van der Waals surface area contributed by atoms with Gasteiger partial charge < -0.3 is 9.47 Å². The summed E-state index contributed by atoms with van der Waals surface area (Å²) < 4.78 is 51.0. The highest BCUT2D eigenvalue weighted by Crippen LogP contribution is 2.40. The molecule has 3 rings (SSSR count). The summed E-state index contributed by atoms with van der Waals surface area (Å²) in [5, 5.41) is -0.268. The van der Waals surface area contributed by atoms with E-state index in [1.807, 2.05) is 0 Å². The number of nitrogens with zero attached hydrogens (tertiary/aromatic N) is 1. The van der Waals surface area contributed by atoms with Crippen LogP contribution in [0.25, 0.3) is 10.9 Å². The zero-order chi connectivity index (χ0) is 25.0. The lowest BCUT2D eigenvalue weighted by Gasteiger charge is -2.19. The Labute approximate surface area is 203 Å². The molecule has 5 nitrogen and oxygen atoms in total. The molecule has 1 unspecified atom stereocenters. The zero-order valence-corrected chi connectivity index (χ0v) is 20.1. The predicted molar refractivity (Wildman–Crippen MR) is 124 cm³/mol. The highest BCUT2D eigenvalue weighted by atomic mass is 35.5. The molecule has 2 atom stereocenters. The average molecular weight is 512 g/mol. The van der Waals surface area contributed by atoms with Crippen molar-refractivity contribution in [1.82, 2.24) is 4.98 Å². The van der Waals surface area contributed by atoms with Crippen molar-refractivity contribution in [2.45, 2.75) is 42.5 Å². The molecule has 34 heavy (non-hydrogen) atoms. The third-order valence-electron chi connectivity index (χ3n) is 4.71. The van der Waals surface area contributed by atoms with Crippen LogP contribution in [0.1, 0.15) is 42.6 Å². The van der Waals surface area contributed by atoms with Gasteiger partial charge in [0, 0.05) is 11.5 Å². The van der Waals surface area contributed by atoms with Crippen molar-refractivity contribution in [3.63, 3.8) is 0 Å². The Kier molecular flexibility index (Phi) is 8.43. The van der Waals surface area contributed by atoms with Gasteiger partial charge >= 0.3 is 11.9 Å². The molecule has 0 radical (unpaired) electrons. The number of hydrogen-bond donors (Lipinski definition) is 0. The summed E-state index contributed by atoms with van der Waals surface area (Å²) in [5.41, 5.74) is 0.201. The average Bonchev–Trinajstić information content (AvgIpc) is 2.79. The molecule has 0 amide bonds. The molecule has 3 aromatic rings. The molecule has 0 N–H and O–H groups in total. The van der Waals surface area contributed by atoms with Crippen molar-refractivity contribution in [2.24, 2.45) is 0 Å². The van der Waals surface area contributed by atoms with E-state index in [4.69, 9.17) is 21.1 Å². The molecule has 0 spiro atoms. The Bertz CT molecular complexity index is 1210. The quantitative estimate of drug-likeness (QED) is 0.198. The maximum absolute atomic E-state index is 14.2. The molecule has 0 saturated heterocycles. The number of hydrogen-bond acceptors (Lipinski definition) is 6. The molecule has 0 saturated carbocycles. The van der Waals surface area contributed by atoms with Crippen LogP contribution in [0.3, 0.4) is 0 Å². The Morgan fingerprint density at radius 3 is 2.35 bits per heavy atom. The molecule has 1 aromatic heterocycles. The molecule has 1 heterocycles. The summed E-state index contributed by atoms with van der Waals surface area (Å²) in [7, 11) is 0. The highest BCUT2D eigenvalue weighted by molar-refractivity contribution is 8.01. The lowest BCUT2D eigenvalue weighted by molar-refractivity contribution is -0.135. The minimum absolute atomic E-state index is 0.111. The van der Waals surface area contributed by atoms with Gasteiger partial charge in [-0.15, -0.1) is 11.6 Å². The summed E-state index contributed by atoms with van der Waals surface area (Å²) in [6.45, 7) is 3.83. The van der Waals surface area contributed by atoms with Crippen LogP contribution >= 0.6 is 23.4 Å². The SMILES string of the molecule is CC(C)OC(=O)c1c(SC(Cl)CF)nc2cc(F)c(F)cc2c1OC(=O)[C@H](C)c1ccccc1. The Morgan fingerprint density at radius 2 is 1.74 bits per heavy atom. The first kappa shape index (κ1) is 25.8. The van der Waals surface area contributed by atoms with E-state index in [-0.39, 0.29) is 27.2 Å². The number of aromatic nitrogens is 1. The van der Waals surface area contributed by atoms with Gasteiger partial charge in [0.05, 0.1) is 17.5 Å². The van der Waals surface area contributed by atoms with Crippen molar-refractivity contribution >= 4 is 46.2 Å². The third kappa shape index (κ3) is 5.82. The number of alkyl halides is 2.